The largest absolute Gasteiger partial charge is 0.491 e. The van der Waals surface area contributed by atoms with Gasteiger partial charge >= 0.3 is 7.12 Å². The quantitative estimate of drug-likeness (QED) is 0.797. The molecular weight excluding hydrogens is 246 g/mol. The van der Waals surface area contributed by atoms with E-state index in [0.29, 0.717) is 11.6 Å². The van der Waals surface area contributed by atoms with E-state index < -0.39 is 7.12 Å². The van der Waals surface area contributed by atoms with Crippen LogP contribution in [0, 0.1) is 6.92 Å². The first-order chi connectivity index (χ1) is 8.66. The van der Waals surface area contributed by atoms with Crippen LogP contribution in [0.1, 0.15) is 11.1 Å². The topological polar surface area (TPSA) is 29.5 Å². The van der Waals surface area contributed by atoms with E-state index in [9.17, 15) is 5.02 Å². The van der Waals surface area contributed by atoms with Gasteiger partial charge in [0.05, 0.1) is 6.61 Å². The minimum Gasteiger partial charge on any atom is -0.423 e. The summed E-state index contributed by atoms with van der Waals surface area (Å²) in [6.45, 7) is 2.47. The zero-order valence-corrected chi connectivity index (χ0v) is 10.7. The van der Waals surface area contributed by atoms with E-state index in [4.69, 9.17) is 16.3 Å². The molecule has 1 aliphatic heterocycles. The van der Waals surface area contributed by atoms with Gasteiger partial charge in [-0.25, -0.2) is 0 Å². The summed E-state index contributed by atoms with van der Waals surface area (Å²) >= 11 is 6.32. The van der Waals surface area contributed by atoms with Crippen LogP contribution in [0.5, 0.6) is 0 Å². The van der Waals surface area contributed by atoms with Gasteiger partial charge in [-0.15, -0.1) is 0 Å². The minimum absolute atomic E-state index is 0.421. The lowest BCUT2D eigenvalue weighted by molar-refractivity contribution is 0.275. The Labute approximate surface area is 111 Å². The maximum Gasteiger partial charge on any atom is 0.491 e. The fourth-order valence-electron chi connectivity index (χ4n) is 2.33. The second-order valence-corrected chi connectivity index (χ2v) is 4.92. The summed E-state index contributed by atoms with van der Waals surface area (Å²) < 4.78 is 5.20. The molecule has 0 atom stereocenters. The van der Waals surface area contributed by atoms with E-state index in [0.717, 1.165) is 27.7 Å². The van der Waals surface area contributed by atoms with Gasteiger partial charge in [0.2, 0.25) is 0 Å². The fraction of sp³-hybridized carbons (Fsp3) is 0.143. The molecule has 1 heterocycles. The molecule has 0 saturated carbocycles. The van der Waals surface area contributed by atoms with Gasteiger partial charge in [-0.1, -0.05) is 41.9 Å². The Bertz CT molecular complexity index is 613. The summed E-state index contributed by atoms with van der Waals surface area (Å²) in [4.78, 5) is 0. The molecule has 0 radical (unpaired) electrons. The Balaban J connectivity index is 2.19. The molecule has 0 fully saturated rings. The van der Waals surface area contributed by atoms with Crippen molar-refractivity contribution in [2.24, 2.45) is 0 Å². The highest BCUT2D eigenvalue weighted by atomic mass is 35.5. The van der Waals surface area contributed by atoms with Crippen LogP contribution in [0.2, 0.25) is 5.02 Å². The smallest absolute Gasteiger partial charge is 0.423 e. The van der Waals surface area contributed by atoms with E-state index in [2.05, 4.69) is 0 Å². The number of hydrogen-bond donors (Lipinski definition) is 1. The van der Waals surface area contributed by atoms with Crippen molar-refractivity contribution in [1.82, 2.24) is 0 Å². The standard InChI is InChI=1S/C14H12BClO2/c1-9-4-2-3-5-11(9)12-7-13-10(6-14(12)16)8-18-15(13)17/h2-7,17H,8H2,1H3. The average molecular weight is 259 g/mol. The van der Waals surface area contributed by atoms with E-state index in [1.807, 2.05) is 43.3 Å². The van der Waals surface area contributed by atoms with E-state index in [1.165, 1.54) is 0 Å². The van der Waals surface area contributed by atoms with Crippen LogP contribution in [0.25, 0.3) is 11.1 Å². The number of halogens is 1. The zero-order chi connectivity index (χ0) is 12.7. The SMILES string of the molecule is Cc1ccccc1-c1cc2c(cc1Cl)COB2O. The van der Waals surface area contributed by atoms with Crippen molar-refractivity contribution in [3.63, 3.8) is 0 Å². The molecular formula is C14H12BClO2. The van der Waals surface area contributed by atoms with Gasteiger partial charge in [0.15, 0.2) is 0 Å². The van der Waals surface area contributed by atoms with Crippen molar-refractivity contribution in [3.05, 3.63) is 52.5 Å². The lowest BCUT2D eigenvalue weighted by Gasteiger charge is -2.10. The van der Waals surface area contributed by atoms with Gasteiger partial charge in [-0.3, -0.25) is 0 Å². The summed E-state index contributed by atoms with van der Waals surface area (Å²) in [6.07, 6.45) is 0. The van der Waals surface area contributed by atoms with Crippen molar-refractivity contribution < 1.29 is 9.68 Å². The second-order valence-electron chi connectivity index (χ2n) is 4.51. The summed E-state index contributed by atoms with van der Waals surface area (Å²) in [5.41, 5.74) is 4.97. The first kappa shape index (κ1) is 11.8. The molecule has 1 aliphatic rings. The first-order valence-corrected chi connectivity index (χ1v) is 6.22. The average Bonchev–Trinajstić information content (AvgIpc) is 2.70. The third-order valence-corrected chi connectivity index (χ3v) is 3.64. The third kappa shape index (κ3) is 1.85. The van der Waals surface area contributed by atoms with Crippen molar-refractivity contribution in [3.8, 4) is 11.1 Å². The summed E-state index contributed by atoms with van der Waals surface area (Å²) in [7, 11) is -0.833. The normalized spacial score (nSPS) is 13.8. The lowest BCUT2D eigenvalue weighted by atomic mass is 9.78. The Kier molecular flexibility index (Phi) is 2.90. The molecule has 0 unspecified atom stereocenters. The van der Waals surface area contributed by atoms with Crippen LogP contribution >= 0.6 is 11.6 Å². The molecule has 4 heteroatoms. The number of benzene rings is 2. The van der Waals surface area contributed by atoms with Crippen molar-refractivity contribution in [1.29, 1.82) is 0 Å². The van der Waals surface area contributed by atoms with Gasteiger partial charge in [0.1, 0.15) is 0 Å². The second kappa shape index (κ2) is 4.43. The molecule has 0 aliphatic carbocycles. The number of hydrogen-bond acceptors (Lipinski definition) is 2. The zero-order valence-electron chi connectivity index (χ0n) is 9.98. The Hall–Kier alpha value is -1.29. The van der Waals surface area contributed by atoms with E-state index >= 15 is 0 Å². The Morgan fingerprint density at radius 2 is 2.00 bits per heavy atom. The molecule has 2 nitrogen and oxygen atoms in total. The molecule has 2 aromatic rings. The van der Waals surface area contributed by atoms with Gasteiger partial charge in [0.25, 0.3) is 0 Å². The van der Waals surface area contributed by atoms with Gasteiger partial charge in [-0.05, 0) is 35.1 Å². The molecule has 2 aromatic carbocycles. The molecule has 1 N–H and O–H groups in total. The molecule has 18 heavy (non-hydrogen) atoms. The van der Waals surface area contributed by atoms with E-state index in [1.54, 1.807) is 0 Å². The maximum atomic E-state index is 9.75. The van der Waals surface area contributed by atoms with Crippen LogP contribution in [-0.2, 0) is 11.3 Å². The lowest BCUT2D eigenvalue weighted by Crippen LogP contribution is -2.28. The summed E-state index contributed by atoms with van der Waals surface area (Å²) in [6, 6.07) is 11.9. The molecule has 3 rings (SSSR count). The first-order valence-electron chi connectivity index (χ1n) is 5.85. The van der Waals surface area contributed by atoms with Crippen LogP contribution < -0.4 is 5.46 Å². The molecule has 90 valence electrons. The Morgan fingerprint density at radius 1 is 1.22 bits per heavy atom. The molecule has 0 bridgehead atoms. The van der Waals surface area contributed by atoms with Gasteiger partial charge in [0, 0.05) is 10.6 Å². The molecule has 0 spiro atoms. The minimum atomic E-state index is -0.833. The number of aryl methyl sites for hydroxylation is 1. The van der Waals surface area contributed by atoms with E-state index in [-0.39, 0.29) is 0 Å². The van der Waals surface area contributed by atoms with Crippen molar-refractivity contribution >= 4 is 24.2 Å². The number of rotatable bonds is 1. The Morgan fingerprint density at radius 3 is 2.78 bits per heavy atom. The van der Waals surface area contributed by atoms with Gasteiger partial charge < -0.3 is 9.68 Å². The van der Waals surface area contributed by atoms with Crippen LogP contribution in [0.4, 0.5) is 0 Å². The molecule has 0 amide bonds. The summed E-state index contributed by atoms with van der Waals surface area (Å²) in [5.74, 6) is 0. The molecule has 0 aromatic heterocycles. The third-order valence-electron chi connectivity index (χ3n) is 3.33. The van der Waals surface area contributed by atoms with Gasteiger partial charge in [-0.2, -0.15) is 0 Å². The fourth-order valence-corrected chi connectivity index (χ4v) is 2.61. The number of fused-ring (bicyclic) bond motifs is 1. The highest BCUT2D eigenvalue weighted by Gasteiger charge is 2.28. The van der Waals surface area contributed by atoms with Crippen LogP contribution in [0.3, 0.4) is 0 Å². The monoisotopic (exact) mass is 258 g/mol. The maximum absolute atomic E-state index is 9.75. The van der Waals surface area contributed by atoms with Crippen LogP contribution in [-0.4, -0.2) is 12.1 Å². The predicted molar refractivity (Wildman–Crippen MR) is 74.0 cm³/mol. The highest BCUT2D eigenvalue weighted by molar-refractivity contribution is 6.61. The molecule has 0 saturated heterocycles. The summed E-state index contributed by atoms with van der Waals surface area (Å²) in [5, 5.41) is 10.4. The van der Waals surface area contributed by atoms with Crippen molar-refractivity contribution in [2.45, 2.75) is 13.5 Å². The van der Waals surface area contributed by atoms with Crippen LogP contribution in [0.15, 0.2) is 36.4 Å². The van der Waals surface area contributed by atoms with Crippen molar-refractivity contribution in [2.75, 3.05) is 0 Å². The highest BCUT2D eigenvalue weighted by Crippen LogP contribution is 2.31. The predicted octanol–water partition coefficient (Wildman–Crippen LogP) is 2.53.